The van der Waals surface area contributed by atoms with E-state index in [0.29, 0.717) is 18.0 Å². The van der Waals surface area contributed by atoms with Crippen molar-refractivity contribution < 1.29 is 4.79 Å². The van der Waals surface area contributed by atoms with Crippen molar-refractivity contribution >= 4 is 34.1 Å². The molecule has 2 aromatic carbocycles. The summed E-state index contributed by atoms with van der Waals surface area (Å²) in [6, 6.07) is 11.7. The van der Waals surface area contributed by atoms with Crippen LogP contribution in [0.2, 0.25) is 5.02 Å². The number of fused-ring (bicyclic) bond motifs is 1. The molecule has 0 saturated carbocycles. The molecular formula is C18H18ClN3O. The van der Waals surface area contributed by atoms with Crippen LogP contribution in [0.4, 0.5) is 5.69 Å². The molecule has 0 bridgehead atoms. The number of benzene rings is 2. The van der Waals surface area contributed by atoms with Gasteiger partial charge >= 0.3 is 0 Å². The number of amides is 1. The van der Waals surface area contributed by atoms with E-state index >= 15 is 0 Å². The topological polar surface area (TPSA) is 46.9 Å². The maximum absolute atomic E-state index is 12.2. The first-order valence-electron chi connectivity index (χ1n) is 7.51. The van der Waals surface area contributed by atoms with Crippen LogP contribution in [-0.4, -0.2) is 15.7 Å². The number of carbonyl (C=O) groups is 1. The molecule has 3 aromatic rings. The van der Waals surface area contributed by atoms with E-state index in [-0.39, 0.29) is 5.91 Å². The highest BCUT2D eigenvalue weighted by atomic mass is 35.5. The highest BCUT2D eigenvalue weighted by molar-refractivity contribution is 6.35. The quantitative estimate of drug-likeness (QED) is 0.775. The van der Waals surface area contributed by atoms with Gasteiger partial charge in [0.05, 0.1) is 23.3 Å². The molecule has 0 saturated heterocycles. The van der Waals surface area contributed by atoms with Crippen molar-refractivity contribution in [2.45, 2.75) is 26.8 Å². The van der Waals surface area contributed by atoms with Crippen molar-refractivity contribution in [3.05, 3.63) is 58.7 Å². The lowest BCUT2D eigenvalue weighted by atomic mass is 10.1. The maximum atomic E-state index is 12.2. The molecule has 0 spiro atoms. The minimum absolute atomic E-state index is 0.0271. The van der Waals surface area contributed by atoms with Crippen molar-refractivity contribution in [3.63, 3.8) is 0 Å². The van der Waals surface area contributed by atoms with Gasteiger partial charge in [-0.1, -0.05) is 23.7 Å². The Labute approximate surface area is 140 Å². The molecule has 118 valence electrons. The lowest BCUT2D eigenvalue weighted by Crippen LogP contribution is -2.15. The summed E-state index contributed by atoms with van der Waals surface area (Å²) in [7, 11) is 0. The second-order valence-corrected chi connectivity index (χ2v) is 6.12. The molecule has 1 N–H and O–H groups in total. The Bertz CT molecular complexity index is 850. The Kier molecular flexibility index (Phi) is 4.35. The molecule has 5 heteroatoms. The van der Waals surface area contributed by atoms with Gasteiger partial charge in [-0.05, 0) is 49.2 Å². The van der Waals surface area contributed by atoms with Crippen molar-refractivity contribution in [2.24, 2.45) is 0 Å². The van der Waals surface area contributed by atoms with Crippen LogP contribution in [0.5, 0.6) is 0 Å². The molecule has 0 aliphatic rings. The molecule has 0 radical (unpaired) electrons. The number of aromatic nitrogens is 2. The fourth-order valence-electron chi connectivity index (χ4n) is 2.72. The number of hydrogen-bond acceptors (Lipinski definition) is 2. The smallest absolute Gasteiger partial charge is 0.226 e. The molecule has 0 fully saturated rings. The van der Waals surface area contributed by atoms with Crippen LogP contribution in [0.3, 0.4) is 0 Å². The van der Waals surface area contributed by atoms with E-state index in [0.717, 1.165) is 27.7 Å². The third kappa shape index (κ3) is 3.54. The molecule has 0 aliphatic carbocycles. The Morgan fingerprint density at radius 2 is 1.96 bits per heavy atom. The van der Waals surface area contributed by atoms with Gasteiger partial charge in [0.2, 0.25) is 5.91 Å². The normalized spacial score (nSPS) is 10.9. The number of nitrogens with zero attached hydrogens (tertiary/aromatic N) is 2. The predicted molar refractivity (Wildman–Crippen MR) is 93.9 cm³/mol. The Hall–Kier alpha value is -2.33. The van der Waals surface area contributed by atoms with Crippen molar-refractivity contribution in [3.8, 4) is 0 Å². The minimum Gasteiger partial charge on any atom is -0.326 e. The van der Waals surface area contributed by atoms with Gasteiger partial charge < -0.3 is 5.32 Å². The summed E-state index contributed by atoms with van der Waals surface area (Å²) in [6.07, 6.45) is 2.09. The van der Waals surface area contributed by atoms with Crippen molar-refractivity contribution in [2.75, 3.05) is 5.32 Å². The summed E-state index contributed by atoms with van der Waals surface area (Å²) in [5.41, 5.74) is 4.04. The summed E-state index contributed by atoms with van der Waals surface area (Å²) in [6.45, 7) is 4.55. The van der Waals surface area contributed by atoms with Crippen LogP contribution in [0, 0.1) is 13.8 Å². The van der Waals surface area contributed by atoms with E-state index in [9.17, 15) is 4.79 Å². The fraction of sp³-hybridized carbons (Fsp3) is 0.222. The number of hydrogen-bond donors (Lipinski definition) is 1. The zero-order valence-electron chi connectivity index (χ0n) is 13.1. The fourth-order valence-corrected chi connectivity index (χ4v) is 2.94. The van der Waals surface area contributed by atoms with Gasteiger partial charge in [-0.2, -0.15) is 5.10 Å². The standard InChI is InChI=1S/C18H18ClN3O/c1-12-8-13(2)10-14(9-12)21-18(23)6-7-22-17-5-3-4-16(19)15(17)11-20-22/h3-5,8-11H,6-7H2,1-2H3,(H,21,23). The molecular weight excluding hydrogens is 310 g/mol. The maximum Gasteiger partial charge on any atom is 0.226 e. The van der Waals surface area contributed by atoms with Crippen LogP contribution in [0.25, 0.3) is 10.9 Å². The van der Waals surface area contributed by atoms with Crippen LogP contribution in [-0.2, 0) is 11.3 Å². The lowest BCUT2D eigenvalue weighted by Gasteiger charge is -2.08. The molecule has 0 unspecified atom stereocenters. The number of nitrogens with one attached hydrogen (secondary N) is 1. The number of halogens is 1. The van der Waals surface area contributed by atoms with Crippen molar-refractivity contribution in [1.82, 2.24) is 9.78 Å². The second-order valence-electron chi connectivity index (χ2n) is 5.71. The zero-order valence-corrected chi connectivity index (χ0v) is 13.9. The number of anilines is 1. The van der Waals surface area contributed by atoms with Gasteiger partial charge in [0.1, 0.15) is 0 Å². The van der Waals surface area contributed by atoms with Crippen LogP contribution in [0.15, 0.2) is 42.6 Å². The minimum atomic E-state index is -0.0271. The summed E-state index contributed by atoms with van der Waals surface area (Å²) < 4.78 is 1.81. The first-order valence-corrected chi connectivity index (χ1v) is 7.89. The van der Waals surface area contributed by atoms with Gasteiger partial charge in [-0.25, -0.2) is 0 Å². The van der Waals surface area contributed by atoms with Crippen molar-refractivity contribution in [1.29, 1.82) is 0 Å². The van der Waals surface area contributed by atoms with E-state index < -0.39 is 0 Å². The molecule has 23 heavy (non-hydrogen) atoms. The lowest BCUT2D eigenvalue weighted by molar-refractivity contribution is -0.116. The van der Waals surface area contributed by atoms with Gasteiger partial charge in [0.15, 0.2) is 0 Å². The highest BCUT2D eigenvalue weighted by Crippen LogP contribution is 2.23. The van der Waals surface area contributed by atoms with Gasteiger partial charge in [0, 0.05) is 17.5 Å². The average Bonchev–Trinajstić information content (AvgIpc) is 2.88. The van der Waals surface area contributed by atoms with E-state index in [2.05, 4.69) is 16.5 Å². The Balaban J connectivity index is 1.67. The van der Waals surface area contributed by atoms with E-state index in [1.165, 1.54) is 0 Å². The van der Waals surface area contributed by atoms with Crippen LogP contribution >= 0.6 is 11.6 Å². The molecule has 1 heterocycles. The molecule has 0 atom stereocenters. The van der Waals surface area contributed by atoms with Gasteiger partial charge in [-0.15, -0.1) is 0 Å². The first-order chi connectivity index (χ1) is 11.0. The average molecular weight is 328 g/mol. The molecule has 1 amide bonds. The van der Waals surface area contributed by atoms with Gasteiger partial charge in [-0.3, -0.25) is 9.48 Å². The van der Waals surface area contributed by atoms with Crippen LogP contribution < -0.4 is 5.32 Å². The molecule has 3 rings (SSSR count). The molecule has 0 aliphatic heterocycles. The number of aryl methyl sites for hydroxylation is 3. The third-order valence-corrected chi connectivity index (χ3v) is 4.02. The predicted octanol–water partition coefficient (Wildman–Crippen LogP) is 4.34. The highest BCUT2D eigenvalue weighted by Gasteiger charge is 2.08. The van der Waals surface area contributed by atoms with Crippen LogP contribution in [0.1, 0.15) is 17.5 Å². The van der Waals surface area contributed by atoms with Gasteiger partial charge in [0.25, 0.3) is 0 Å². The Morgan fingerprint density at radius 3 is 2.70 bits per heavy atom. The SMILES string of the molecule is Cc1cc(C)cc(NC(=O)CCn2ncc3c(Cl)cccc32)c1. The first kappa shape index (κ1) is 15.6. The third-order valence-electron chi connectivity index (χ3n) is 3.69. The monoisotopic (exact) mass is 327 g/mol. The number of rotatable bonds is 4. The van der Waals surface area contributed by atoms with E-state index in [1.807, 2.05) is 48.9 Å². The summed E-state index contributed by atoms with van der Waals surface area (Å²) >= 11 is 6.14. The molecule has 4 nitrogen and oxygen atoms in total. The Morgan fingerprint density at radius 1 is 1.22 bits per heavy atom. The summed E-state index contributed by atoms with van der Waals surface area (Å²) in [5.74, 6) is -0.0271. The summed E-state index contributed by atoms with van der Waals surface area (Å²) in [5, 5.41) is 8.84. The zero-order chi connectivity index (χ0) is 16.4. The molecule has 1 aromatic heterocycles. The number of carbonyl (C=O) groups excluding carboxylic acids is 1. The summed E-state index contributed by atoms with van der Waals surface area (Å²) in [4.78, 5) is 12.2. The largest absolute Gasteiger partial charge is 0.326 e. The second kappa shape index (κ2) is 6.42. The van der Waals surface area contributed by atoms with E-state index in [1.54, 1.807) is 6.20 Å². The van der Waals surface area contributed by atoms with E-state index in [4.69, 9.17) is 11.6 Å².